The van der Waals surface area contributed by atoms with Crippen LogP contribution in [0.3, 0.4) is 0 Å². The van der Waals surface area contributed by atoms with Crippen LogP contribution >= 0.6 is 0 Å². The second kappa shape index (κ2) is 8.17. The number of fused-ring (bicyclic) bond motifs is 1. The van der Waals surface area contributed by atoms with Crippen molar-refractivity contribution in [1.82, 2.24) is 19.5 Å². The Bertz CT molecular complexity index is 927. The molecular formula is C21H27F3N4O2. The van der Waals surface area contributed by atoms with E-state index in [-0.39, 0.29) is 29.5 Å². The van der Waals surface area contributed by atoms with Gasteiger partial charge in [0.1, 0.15) is 5.69 Å². The summed E-state index contributed by atoms with van der Waals surface area (Å²) >= 11 is 0. The van der Waals surface area contributed by atoms with Gasteiger partial charge in [-0.1, -0.05) is 13.3 Å². The van der Waals surface area contributed by atoms with Crippen LogP contribution < -0.4 is 0 Å². The lowest BCUT2D eigenvalue weighted by Gasteiger charge is -2.30. The van der Waals surface area contributed by atoms with Gasteiger partial charge >= 0.3 is 6.18 Å². The van der Waals surface area contributed by atoms with E-state index in [4.69, 9.17) is 4.74 Å². The molecule has 1 aliphatic heterocycles. The summed E-state index contributed by atoms with van der Waals surface area (Å²) in [7, 11) is 1.68. The highest BCUT2D eigenvalue weighted by molar-refractivity contribution is 5.79. The van der Waals surface area contributed by atoms with Crippen LogP contribution in [0, 0.1) is 5.92 Å². The first-order chi connectivity index (χ1) is 14.3. The lowest BCUT2D eigenvalue weighted by molar-refractivity contribution is -0.142. The molecule has 6 nitrogen and oxygen atoms in total. The number of carbonyl (C=O) groups is 1. The minimum atomic E-state index is -4.51. The van der Waals surface area contributed by atoms with E-state index < -0.39 is 11.9 Å². The smallest absolute Gasteiger partial charge is 0.381 e. The van der Waals surface area contributed by atoms with Gasteiger partial charge < -0.3 is 9.64 Å². The van der Waals surface area contributed by atoms with Crippen molar-refractivity contribution in [3.05, 3.63) is 29.2 Å². The molecule has 0 N–H and O–H groups in total. The lowest BCUT2D eigenvalue weighted by atomic mass is 9.86. The normalized spacial score (nSPS) is 25.2. The van der Waals surface area contributed by atoms with E-state index in [0.717, 1.165) is 36.3 Å². The van der Waals surface area contributed by atoms with Crippen LogP contribution in [-0.4, -0.2) is 51.7 Å². The van der Waals surface area contributed by atoms with E-state index >= 15 is 0 Å². The van der Waals surface area contributed by atoms with Crippen LogP contribution in [0.2, 0.25) is 0 Å². The Morgan fingerprint density at radius 1 is 1.27 bits per heavy atom. The molecule has 0 aromatic carbocycles. The summed E-state index contributed by atoms with van der Waals surface area (Å²) < 4.78 is 46.8. The second-order valence-electron chi connectivity index (χ2n) is 8.31. The van der Waals surface area contributed by atoms with E-state index in [1.165, 1.54) is 0 Å². The van der Waals surface area contributed by atoms with Crippen LogP contribution in [0.4, 0.5) is 13.2 Å². The molecular weight excluding hydrogens is 397 g/mol. The van der Waals surface area contributed by atoms with Crippen molar-refractivity contribution in [3.63, 3.8) is 0 Å². The zero-order valence-electron chi connectivity index (χ0n) is 17.3. The maximum absolute atomic E-state index is 13.5. The van der Waals surface area contributed by atoms with Crippen LogP contribution in [0.15, 0.2) is 12.1 Å². The minimum absolute atomic E-state index is 0.0332. The zero-order valence-corrected chi connectivity index (χ0v) is 17.3. The molecule has 1 aliphatic carbocycles. The molecule has 0 spiro atoms. The molecule has 30 heavy (non-hydrogen) atoms. The Kier molecular flexibility index (Phi) is 5.74. The molecule has 3 heterocycles. The van der Waals surface area contributed by atoms with Crippen molar-refractivity contribution in [3.8, 4) is 0 Å². The number of likely N-dealkylation sites (tertiary alicyclic amines) is 1. The Balaban J connectivity index is 1.53. The van der Waals surface area contributed by atoms with E-state index in [2.05, 4.69) is 10.1 Å². The largest absolute Gasteiger partial charge is 0.433 e. The molecule has 9 heteroatoms. The van der Waals surface area contributed by atoms with Gasteiger partial charge in [-0.2, -0.15) is 18.3 Å². The van der Waals surface area contributed by atoms with Gasteiger partial charge in [0.2, 0.25) is 5.91 Å². The second-order valence-corrected chi connectivity index (χ2v) is 8.31. The molecule has 3 unspecified atom stereocenters. The van der Waals surface area contributed by atoms with Gasteiger partial charge in [-0.3, -0.25) is 4.79 Å². The number of amides is 1. The molecule has 164 valence electrons. The van der Waals surface area contributed by atoms with E-state index in [0.29, 0.717) is 37.3 Å². The molecule has 3 atom stereocenters. The van der Waals surface area contributed by atoms with Gasteiger partial charge in [0.15, 0.2) is 5.65 Å². The SMILES string of the molecule is CCc1cc(C(F)(F)F)n2nc(C3CCN(C(=O)C4CCCC(OC)C4)C3)cc2n1. The summed E-state index contributed by atoms with van der Waals surface area (Å²) in [6.07, 6.45) is 0.293. The Labute approximate surface area is 173 Å². The van der Waals surface area contributed by atoms with Crippen LogP contribution in [-0.2, 0) is 22.1 Å². The van der Waals surface area contributed by atoms with Crippen molar-refractivity contribution in [2.75, 3.05) is 20.2 Å². The predicted molar refractivity (Wildman–Crippen MR) is 104 cm³/mol. The van der Waals surface area contributed by atoms with E-state index in [9.17, 15) is 18.0 Å². The van der Waals surface area contributed by atoms with Crippen molar-refractivity contribution in [2.24, 2.45) is 5.92 Å². The summed E-state index contributed by atoms with van der Waals surface area (Å²) in [6, 6.07) is 2.69. The number of halogens is 3. The molecule has 0 bridgehead atoms. The Hall–Kier alpha value is -2.16. The number of hydrogen-bond acceptors (Lipinski definition) is 4. The summed E-state index contributed by atoms with van der Waals surface area (Å²) in [5, 5.41) is 4.24. The fraction of sp³-hybridized carbons (Fsp3) is 0.667. The Morgan fingerprint density at radius 3 is 2.77 bits per heavy atom. The first-order valence-corrected chi connectivity index (χ1v) is 10.6. The van der Waals surface area contributed by atoms with Gasteiger partial charge in [0.25, 0.3) is 0 Å². The minimum Gasteiger partial charge on any atom is -0.381 e. The van der Waals surface area contributed by atoms with Crippen molar-refractivity contribution >= 4 is 11.6 Å². The number of alkyl halides is 3. The number of hydrogen-bond donors (Lipinski definition) is 0. The topological polar surface area (TPSA) is 59.7 Å². The molecule has 2 aromatic rings. The number of ether oxygens (including phenoxy) is 1. The average molecular weight is 424 g/mol. The molecule has 1 amide bonds. The van der Waals surface area contributed by atoms with E-state index in [1.807, 2.05) is 4.90 Å². The number of carbonyl (C=O) groups excluding carboxylic acids is 1. The first-order valence-electron chi connectivity index (χ1n) is 10.6. The molecule has 4 rings (SSSR count). The van der Waals surface area contributed by atoms with Crippen molar-refractivity contribution < 1.29 is 22.7 Å². The number of rotatable bonds is 4. The average Bonchev–Trinajstić information content (AvgIpc) is 3.38. The summed E-state index contributed by atoms with van der Waals surface area (Å²) in [5.41, 5.74) is 0.343. The monoisotopic (exact) mass is 424 g/mol. The maximum atomic E-state index is 13.5. The third-order valence-electron chi connectivity index (χ3n) is 6.38. The zero-order chi connectivity index (χ0) is 21.5. The number of aromatic nitrogens is 3. The molecule has 0 radical (unpaired) electrons. The summed E-state index contributed by atoms with van der Waals surface area (Å²) in [6.45, 7) is 2.86. The molecule has 2 aromatic heterocycles. The van der Waals surface area contributed by atoms with Gasteiger partial charge in [0.05, 0.1) is 11.8 Å². The molecule has 1 saturated carbocycles. The highest BCUT2D eigenvalue weighted by Gasteiger charge is 2.37. The first kappa shape index (κ1) is 21.1. The fourth-order valence-corrected chi connectivity index (χ4v) is 4.67. The fourth-order valence-electron chi connectivity index (χ4n) is 4.67. The number of methoxy groups -OCH3 is 1. The lowest BCUT2D eigenvalue weighted by Crippen LogP contribution is -2.38. The van der Waals surface area contributed by atoms with Gasteiger partial charge in [-0.25, -0.2) is 9.50 Å². The third kappa shape index (κ3) is 4.04. The number of nitrogens with zero attached hydrogens (tertiary/aromatic N) is 4. The highest BCUT2D eigenvalue weighted by atomic mass is 19.4. The van der Waals surface area contributed by atoms with Crippen LogP contribution in [0.25, 0.3) is 5.65 Å². The molecule has 1 saturated heterocycles. The van der Waals surface area contributed by atoms with Gasteiger partial charge in [-0.15, -0.1) is 0 Å². The summed E-state index contributed by atoms with van der Waals surface area (Å²) in [4.78, 5) is 19.1. The predicted octanol–water partition coefficient (Wildman–Crippen LogP) is 3.83. The quantitative estimate of drug-likeness (QED) is 0.749. The van der Waals surface area contributed by atoms with Gasteiger partial charge in [-0.05, 0) is 38.2 Å². The summed E-state index contributed by atoms with van der Waals surface area (Å²) in [5.74, 6) is 0.0168. The number of aryl methyl sites for hydroxylation is 1. The van der Waals surface area contributed by atoms with Crippen molar-refractivity contribution in [2.45, 2.75) is 63.6 Å². The molecule has 2 fully saturated rings. The highest BCUT2D eigenvalue weighted by Crippen LogP contribution is 2.34. The van der Waals surface area contributed by atoms with Gasteiger partial charge in [0, 0.05) is 43.8 Å². The Morgan fingerprint density at radius 2 is 2.07 bits per heavy atom. The third-order valence-corrected chi connectivity index (χ3v) is 6.38. The van der Waals surface area contributed by atoms with E-state index in [1.54, 1.807) is 20.1 Å². The molecule has 2 aliphatic rings. The van der Waals surface area contributed by atoms with Crippen LogP contribution in [0.5, 0.6) is 0 Å². The maximum Gasteiger partial charge on any atom is 0.433 e. The van der Waals surface area contributed by atoms with Crippen LogP contribution in [0.1, 0.15) is 62.0 Å². The van der Waals surface area contributed by atoms with Crippen molar-refractivity contribution in [1.29, 1.82) is 0 Å². The standard InChI is InChI=1S/C21H27F3N4O2/c1-3-15-10-18(21(22,23)24)28-19(25-15)11-17(26-28)14-7-8-27(12-14)20(29)13-5-4-6-16(9-13)30-2/h10-11,13-14,16H,3-9,12H2,1-2H3.